The van der Waals surface area contributed by atoms with Gasteiger partial charge in [-0.2, -0.15) is 18.3 Å². The van der Waals surface area contributed by atoms with Crippen LogP contribution in [0.4, 0.5) is 24.7 Å². The number of nitrogens with one attached hydrogen (secondary N) is 2. The quantitative estimate of drug-likeness (QED) is 0.462. The number of H-pyrrole nitrogens is 1. The highest BCUT2D eigenvalue weighted by atomic mass is 35.5. The minimum atomic E-state index is -4.62. The predicted octanol–water partition coefficient (Wildman–Crippen LogP) is 4.32. The van der Waals surface area contributed by atoms with E-state index in [1.54, 1.807) is 6.07 Å². The number of nitrogens with zero attached hydrogens (tertiary/aromatic N) is 4. The number of hydrogen-bond donors (Lipinski definition) is 2. The van der Waals surface area contributed by atoms with Gasteiger partial charge < -0.3 is 10.1 Å². The van der Waals surface area contributed by atoms with Crippen molar-refractivity contribution in [3.63, 3.8) is 0 Å². The number of carbonyl (C=O) groups excluding carboxylic acids is 1. The van der Waals surface area contributed by atoms with E-state index in [0.717, 1.165) is 6.20 Å². The average molecular weight is 437 g/mol. The summed E-state index contributed by atoms with van der Waals surface area (Å²) in [6, 6.07) is 4.57. The van der Waals surface area contributed by atoms with E-state index in [2.05, 4.69) is 30.2 Å². The lowest BCUT2D eigenvalue weighted by molar-refractivity contribution is -0.140. The first kappa shape index (κ1) is 19.7. The van der Waals surface area contributed by atoms with Gasteiger partial charge in [0.25, 0.3) is 0 Å². The molecule has 8 nitrogen and oxygen atoms in total. The summed E-state index contributed by atoms with van der Waals surface area (Å²) >= 11 is 6.12. The Balaban J connectivity index is 1.72. The highest BCUT2D eigenvalue weighted by Crippen LogP contribution is 2.36. The van der Waals surface area contributed by atoms with Gasteiger partial charge >= 0.3 is 12.1 Å². The lowest BCUT2D eigenvalue weighted by Crippen LogP contribution is -2.08. The standard InChI is InChI=1S/C18H12ClF3N6O2/c1-30-17(29)10-3-2-9(6-12(10)19)26-15-16-24-8-13(28(16)5-4-23-15)11-7-25-27-14(11)18(20,21)22/h2-8H,1H3,(H,23,26)(H,25,27). The Labute approximate surface area is 171 Å². The number of fused-ring (bicyclic) bond motifs is 1. The third-order valence-electron chi connectivity index (χ3n) is 4.25. The summed E-state index contributed by atoms with van der Waals surface area (Å²) in [5.41, 5.74) is -0.0141. The molecule has 0 radical (unpaired) electrons. The molecule has 0 aliphatic heterocycles. The van der Waals surface area contributed by atoms with Crippen LogP contribution in [-0.2, 0) is 10.9 Å². The highest BCUT2D eigenvalue weighted by Gasteiger charge is 2.37. The van der Waals surface area contributed by atoms with Crippen molar-refractivity contribution < 1.29 is 22.7 Å². The van der Waals surface area contributed by atoms with Crippen molar-refractivity contribution in [1.82, 2.24) is 24.6 Å². The summed E-state index contributed by atoms with van der Waals surface area (Å²) in [5.74, 6) is -0.298. The molecule has 2 N–H and O–H groups in total. The molecule has 0 saturated heterocycles. The van der Waals surface area contributed by atoms with E-state index in [1.165, 1.54) is 42.2 Å². The van der Waals surface area contributed by atoms with E-state index in [0.29, 0.717) is 5.69 Å². The van der Waals surface area contributed by atoms with Gasteiger partial charge in [0, 0.05) is 24.3 Å². The number of anilines is 2. The Morgan fingerprint density at radius 2 is 2.10 bits per heavy atom. The second-order valence-corrected chi connectivity index (χ2v) is 6.48. The number of halogens is 4. The molecule has 0 aliphatic rings. The van der Waals surface area contributed by atoms with Crippen molar-refractivity contribution in [2.75, 3.05) is 12.4 Å². The van der Waals surface area contributed by atoms with Crippen molar-refractivity contribution in [2.24, 2.45) is 0 Å². The second kappa shape index (κ2) is 7.34. The summed E-state index contributed by atoms with van der Waals surface area (Å²) in [5, 5.41) is 8.71. The second-order valence-electron chi connectivity index (χ2n) is 6.07. The number of rotatable bonds is 4. The molecule has 4 aromatic rings. The van der Waals surface area contributed by atoms with Gasteiger partial charge in [0.15, 0.2) is 17.2 Å². The van der Waals surface area contributed by atoms with Crippen molar-refractivity contribution in [2.45, 2.75) is 6.18 Å². The van der Waals surface area contributed by atoms with Gasteiger partial charge in [-0.05, 0) is 18.2 Å². The lowest BCUT2D eigenvalue weighted by Gasteiger charge is -2.10. The zero-order chi connectivity index (χ0) is 21.5. The first-order chi connectivity index (χ1) is 14.3. The maximum absolute atomic E-state index is 13.2. The summed E-state index contributed by atoms with van der Waals surface area (Å²) in [7, 11) is 1.25. The fraction of sp³-hybridized carbons (Fsp3) is 0.111. The highest BCUT2D eigenvalue weighted by molar-refractivity contribution is 6.33. The number of methoxy groups -OCH3 is 1. The van der Waals surface area contributed by atoms with Crippen molar-refractivity contribution in [1.29, 1.82) is 0 Å². The van der Waals surface area contributed by atoms with Crippen LogP contribution in [0.1, 0.15) is 16.1 Å². The predicted molar refractivity (Wildman–Crippen MR) is 102 cm³/mol. The maximum atomic E-state index is 13.2. The molecular weight excluding hydrogens is 425 g/mol. The molecule has 0 amide bonds. The zero-order valence-corrected chi connectivity index (χ0v) is 15.9. The van der Waals surface area contributed by atoms with Gasteiger partial charge in [0.1, 0.15) is 0 Å². The van der Waals surface area contributed by atoms with E-state index in [1.807, 2.05) is 0 Å². The number of carbonyl (C=O) groups is 1. The number of esters is 1. The molecule has 154 valence electrons. The SMILES string of the molecule is COC(=O)c1ccc(Nc2nccn3c(-c4c[nH]nc4C(F)(F)F)cnc23)cc1Cl. The van der Waals surface area contributed by atoms with Gasteiger partial charge in [-0.1, -0.05) is 11.6 Å². The van der Waals surface area contributed by atoms with Crippen LogP contribution >= 0.6 is 11.6 Å². The Hall–Kier alpha value is -3.60. The van der Waals surface area contributed by atoms with Crippen LogP contribution in [0.3, 0.4) is 0 Å². The van der Waals surface area contributed by atoms with E-state index >= 15 is 0 Å². The van der Waals surface area contributed by atoms with Crippen LogP contribution in [0.25, 0.3) is 16.9 Å². The third-order valence-corrected chi connectivity index (χ3v) is 4.56. The van der Waals surface area contributed by atoms with Crippen LogP contribution in [0, 0.1) is 0 Å². The molecule has 0 unspecified atom stereocenters. The van der Waals surface area contributed by atoms with Crippen LogP contribution in [0.2, 0.25) is 5.02 Å². The van der Waals surface area contributed by atoms with Crippen molar-refractivity contribution in [3.05, 3.63) is 59.3 Å². The molecule has 0 fully saturated rings. The molecule has 30 heavy (non-hydrogen) atoms. The Bertz CT molecular complexity index is 1250. The van der Waals surface area contributed by atoms with E-state index in [9.17, 15) is 18.0 Å². The van der Waals surface area contributed by atoms with Gasteiger partial charge in [-0.15, -0.1) is 0 Å². The molecule has 3 heterocycles. The molecule has 1 aromatic carbocycles. The summed E-state index contributed by atoms with van der Waals surface area (Å²) in [6.45, 7) is 0. The Morgan fingerprint density at radius 1 is 1.30 bits per heavy atom. The number of imidazole rings is 1. The fourth-order valence-corrected chi connectivity index (χ4v) is 3.17. The van der Waals surface area contributed by atoms with Crippen LogP contribution in [0.15, 0.2) is 43.0 Å². The molecule has 0 spiro atoms. The molecule has 12 heteroatoms. The Kier molecular flexibility index (Phi) is 4.82. The smallest absolute Gasteiger partial charge is 0.435 e. The topological polar surface area (TPSA) is 97.2 Å². The average Bonchev–Trinajstić information content (AvgIpc) is 3.34. The molecular formula is C18H12ClF3N6O2. The number of ether oxygens (including phenoxy) is 1. The first-order valence-corrected chi connectivity index (χ1v) is 8.75. The van der Waals surface area contributed by atoms with E-state index in [4.69, 9.17) is 11.6 Å². The number of hydrogen-bond acceptors (Lipinski definition) is 6. The zero-order valence-electron chi connectivity index (χ0n) is 15.2. The summed E-state index contributed by atoms with van der Waals surface area (Å²) in [6.07, 6.45) is 0.744. The lowest BCUT2D eigenvalue weighted by atomic mass is 10.2. The number of alkyl halides is 3. The van der Waals surface area contributed by atoms with Crippen molar-refractivity contribution in [3.8, 4) is 11.3 Å². The maximum Gasteiger partial charge on any atom is 0.435 e. The number of benzene rings is 1. The molecule has 0 bridgehead atoms. The number of aromatic amines is 1. The summed E-state index contributed by atoms with van der Waals surface area (Å²) in [4.78, 5) is 20.0. The monoisotopic (exact) mass is 436 g/mol. The van der Waals surface area contributed by atoms with Crippen LogP contribution < -0.4 is 5.32 Å². The molecule has 0 atom stereocenters. The van der Waals surface area contributed by atoms with Gasteiger partial charge in [0.2, 0.25) is 0 Å². The molecule has 0 saturated carbocycles. The van der Waals surface area contributed by atoms with Gasteiger partial charge in [0.05, 0.1) is 35.2 Å². The fourth-order valence-electron chi connectivity index (χ4n) is 2.91. The minimum Gasteiger partial charge on any atom is -0.465 e. The van der Waals surface area contributed by atoms with Gasteiger partial charge in [-0.3, -0.25) is 9.50 Å². The Morgan fingerprint density at radius 3 is 2.80 bits per heavy atom. The third kappa shape index (κ3) is 3.43. The van der Waals surface area contributed by atoms with Gasteiger partial charge in [-0.25, -0.2) is 14.8 Å². The van der Waals surface area contributed by atoms with E-state index in [-0.39, 0.29) is 33.3 Å². The minimum absolute atomic E-state index is 0.141. The van der Waals surface area contributed by atoms with Crippen LogP contribution in [-0.4, -0.2) is 37.6 Å². The summed E-state index contributed by atoms with van der Waals surface area (Å²) < 4.78 is 45.7. The largest absolute Gasteiger partial charge is 0.465 e. The van der Waals surface area contributed by atoms with E-state index < -0.39 is 17.8 Å². The van der Waals surface area contributed by atoms with Crippen molar-refractivity contribution >= 4 is 34.7 Å². The molecule has 3 aromatic heterocycles. The first-order valence-electron chi connectivity index (χ1n) is 8.38. The normalized spacial score (nSPS) is 11.6. The van der Waals surface area contributed by atoms with Crippen LogP contribution in [0.5, 0.6) is 0 Å². The molecule has 0 aliphatic carbocycles. The molecule has 4 rings (SSSR count). The number of aromatic nitrogens is 5.